The van der Waals surface area contributed by atoms with Crippen molar-refractivity contribution < 1.29 is 8.42 Å². The monoisotopic (exact) mass is 360 g/mol. The lowest BCUT2D eigenvalue weighted by Gasteiger charge is -2.38. The van der Waals surface area contributed by atoms with Gasteiger partial charge >= 0.3 is 0 Å². The highest BCUT2D eigenvalue weighted by Crippen LogP contribution is 2.22. The van der Waals surface area contributed by atoms with Crippen molar-refractivity contribution in [1.82, 2.24) is 9.84 Å². The zero-order valence-corrected chi connectivity index (χ0v) is 14.2. The van der Waals surface area contributed by atoms with Gasteiger partial charge in [-0.05, 0) is 44.4 Å². The Morgan fingerprint density at radius 1 is 1.20 bits per heavy atom. The number of piperidine rings is 1. The third kappa shape index (κ3) is 3.61. The summed E-state index contributed by atoms with van der Waals surface area (Å²) in [6.45, 7) is 4.12. The summed E-state index contributed by atoms with van der Waals surface area (Å²) in [5.74, 6) is 0. The third-order valence-electron chi connectivity index (χ3n) is 3.81. The lowest BCUT2D eigenvalue weighted by atomic mass is 10.0. The topological polar surface area (TPSA) is 49.4 Å². The normalized spacial score (nSPS) is 24.8. The molecule has 1 aliphatic rings. The third-order valence-corrected chi connectivity index (χ3v) is 5.80. The van der Waals surface area contributed by atoms with E-state index in [4.69, 9.17) is 0 Å². The number of halogens is 1. The highest BCUT2D eigenvalue weighted by atomic mass is 79.9. The number of hydrazine groups is 1. The Morgan fingerprint density at radius 3 is 2.25 bits per heavy atom. The van der Waals surface area contributed by atoms with E-state index < -0.39 is 10.0 Å². The van der Waals surface area contributed by atoms with E-state index in [0.717, 1.165) is 30.2 Å². The number of alkyl halides is 1. The van der Waals surface area contributed by atoms with Crippen LogP contribution in [0.1, 0.15) is 38.7 Å². The lowest BCUT2D eigenvalue weighted by molar-refractivity contribution is 0.0790. The molecule has 1 heterocycles. The van der Waals surface area contributed by atoms with E-state index in [1.165, 1.54) is 0 Å². The fourth-order valence-corrected chi connectivity index (χ4v) is 4.16. The molecule has 112 valence electrons. The SMILES string of the molecule is CC1CCCC(C)N1NS(=O)(=O)c1ccc(CBr)cc1. The van der Waals surface area contributed by atoms with Crippen LogP contribution in [0.4, 0.5) is 0 Å². The van der Waals surface area contributed by atoms with E-state index in [2.05, 4.69) is 34.6 Å². The predicted octanol–water partition coefficient (Wildman–Crippen LogP) is 3.04. The van der Waals surface area contributed by atoms with Crippen LogP contribution in [0.5, 0.6) is 0 Å². The first-order valence-electron chi connectivity index (χ1n) is 6.89. The van der Waals surface area contributed by atoms with Gasteiger partial charge in [-0.3, -0.25) is 0 Å². The van der Waals surface area contributed by atoms with Gasteiger partial charge in [0.2, 0.25) is 0 Å². The van der Waals surface area contributed by atoms with E-state index in [1.807, 2.05) is 17.1 Å². The molecule has 20 heavy (non-hydrogen) atoms. The molecule has 6 heteroatoms. The maximum atomic E-state index is 12.4. The molecule has 0 saturated carbocycles. The minimum Gasteiger partial charge on any atom is -0.225 e. The summed E-state index contributed by atoms with van der Waals surface area (Å²) < 4.78 is 24.9. The van der Waals surface area contributed by atoms with Crippen molar-refractivity contribution in [2.75, 3.05) is 0 Å². The largest absolute Gasteiger partial charge is 0.253 e. The first-order chi connectivity index (χ1) is 9.44. The van der Waals surface area contributed by atoms with Crippen molar-refractivity contribution in [1.29, 1.82) is 0 Å². The molecule has 0 amide bonds. The second-order valence-corrected chi connectivity index (χ2v) is 7.63. The van der Waals surface area contributed by atoms with Gasteiger partial charge in [0.05, 0.1) is 4.90 Å². The van der Waals surface area contributed by atoms with Crippen LogP contribution in [-0.2, 0) is 15.4 Å². The second kappa shape index (κ2) is 6.56. The molecule has 0 aliphatic carbocycles. The summed E-state index contributed by atoms with van der Waals surface area (Å²) in [6, 6.07) is 7.42. The predicted molar refractivity (Wildman–Crippen MR) is 84.0 cm³/mol. The van der Waals surface area contributed by atoms with E-state index in [0.29, 0.717) is 4.90 Å². The standard InChI is InChI=1S/C14H21BrN2O2S/c1-11-4-3-5-12(2)17(11)16-20(18,19)14-8-6-13(10-15)7-9-14/h6-9,11-12,16H,3-5,10H2,1-2H3. The minimum atomic E-state index is -3.49. The van der Waals surface area contributed by atoms with E-state index in [-0.39, 0.29) is 12.1 Å². The number of benzene rings is 1. The first-order valence-corrected chi connectivity index (χ1v) is 9.50. The highest BCUT2D eigenvalue weighted by molar-refractivity contribution is 9.08. The van der Waals surface area contributed by atoms with Gasteiger partial charge in [0.1, 0.15) is 0 Å². The zero-order chi connectivity index (χ0) is 14.8. The second-order valence-electron chi connectivity index (χ2n) is 5.41. The molecule has 0 bridgehead atoms. The number of nitrogens with one attached hydrogen (secondary N) is 1. The van der Waals surface area contributed by atoms with Crippen molar-refractivity contribution in [3.05, 3.63) is 29.8 Å². The van der Waals surface area contributed by atoms with E-state index in [1.54, 1.807) is 12.1 Å². The highest BCUT2D eigenvalue weighted by Gasteiger charge is 2.29. The Kier molecular flexibility index (Phi) is 5.23. The molecule has 1 fully saturated rings. The Labute approximate surface area is 129 Å². The number of sulfonamides is 1. The molecule has 1 saturated heterocycles. The molecule has 0 aromatic heterocycles. The number of rotatable bonds is 4. The van der Waals surface area contributed by atoms with Gasteiger partial charge in [-0.25, -0.2) is 13.4 Å². The van der Waals surface area contributed by atoms with Crippen LogP contribution >= 0.6 is 15.9 Å². The molecular formula is C14H21BrN2O2S. The summed E-state index contributed by atoms with van der Waals surface area (Å²) in [5.41, 5.74) is 1.06. The average Bonchev–Trinajstić information content (AvgIpc) is 2.43. The van der Waals surface area contributed by atoms with E-state index in [9.17, 15) is 8.42 Å². The molecule has 1 aromatic carbocycles. The van der Waals surface area contributed by atoms with Gasteiger partial charge in [0, 0.05) is 17.4 Å². The van der Waals surface area contributed by atoms with Gasteiger partial charge in [-0.15, -0.1) is 4.83 Å². The summed E-state index contributed by atoms with van der Waals surface area (Å²) >= 11 is 3.35. The number of nitrogens with zero attached hydrogens (tertiary/aromatic N) is 1. The van der Waals surface area contributed by atoms with Gasteiger partial charge in [0.15, 0.2) is 0 Å². The minimum absolute atomic E-state index is 0.232. The molecular weight excluding hydrogens is 340 g/mol. The number of hydrogen-bond donors (Lipinski definition) is 1. The Balaban J connectivity index is 2.17. The van der Waals surface area contributed by atoms with Crippen LogP contribution < -0.4 is 4.83 Å². The van der Waals surface area contributed by atoms with Crippen molar-refractivity contribution in [2.24, 2.45) is 0 Å². The van der Waals surface area contributed by atoms with Crippen LogP contribution in [0.3, 0.4) is 0 Å². The molecule has 2 rings (SSSR count). The van der Waals surface area contributed by atoms with Crippen molar-refractivity contribution in [3.63, 3.8) is 0 Å². The molecule has 2 atom stereocenters. The Bertz CT molecular complexity index is 535. The van der Waals surface area contributed by atoms with Crippen LogP contribution in [0.15, 0.2) is 29.2 Å². The molecule has 0 radical (unpaired) electrons. The summed E-state index contributed by atoms with van der Waals surface area (Å²) in [7, 11) is -3.49. The fourth-order valence-electron chi connectivity index (χ4n) is 2.55. The quantitative estimate of drug-likeness (QED) is 0.839. The summed E-state index contributed by atoms with van der Waals surface area (Å²) in [6.07, 6.45) is 3.20. The summed E-state index contributed by atoms with van der Waals surface area (Å²) in [4.78, 5) is 3.05. The fraction of sp³-hybridized carbons (Fsp3) is 0.571. The first kappa shape index (κ1) is 15.9. The Morgan fingerprint density at radius 2 is 1.75 bits per heavy atom. The average molecular weight is 361 g/mol. The molecule has 1 aliphatic heterocycles. The van der Waals surface area contributed by atoms with Crippen molar-refractivity contribution in [3.8, 4) is 0 Å². The Hall–Kier alpha value is -0.430. The molecule has 2 unspecified atom stereocenters. The molecule has 4 nitrogen and oxygen atoms in total. The zero-order valence-electron chi connectivity index (χ0n) is 11.8. The van der Waals surface area contributed by atoms with Gasteiger partial charge in [0.25, 0.3) is 10.0 Å². The summed E-state index contributed by atoms with van der Waals surface area (Å²) in [5, 5.41) is 2.60. The van der Waals surface area contributed by atoms with Gasteiger partial charge in [-0.1, -0.05) is 34.5 Å². The smallest absolute Gasteiger partial charge is 0.225 e. The maximum Gasteiger partial charge on any atom is 0.253 e. The maximum absolute atomic E-state index is 12.4. The van der Waals surface area contributed by atoms with E-state index >= 15 is 0 Å². The molecule has 0 spiro atoms. The van der Waals surface area contributed by atoms with Crippen LogP contribution in [-0.4, -0.2) is 25.5 Å². The van der Waals surface area contributed by atoms with Gasteiger partial charge < -0.3 is 0 Å². The van der Waals surface area contributed by atoms with Crippen molar-refractivity contribution in [2.45, 2.75) is 55.4 Å². The van der Waals surface area contributed by atoms with Crippen molar-refractivity contribution >= 4 is 26.0 Å². The number of hydrogen-bond acceptors (Lipinski definition) is 3. The van der Waals surface area contributed by atoms with Crippen LogP contribution in [0, 0.1) is 0 Å². The lowest BCUT2D eigenvalue weighted by Crippen LogP contribution is -2.53. The molecule has 1 aromatic rings. The van der Waals surface area contributed by atoms with Gasteiger partial charge in [-0.2, -0.15) is 0 Å². The van der Waals surface area contributed by atoms with Crippen LogP contribution in [0.25, 0.3) is 0 Å². The van der Waals surface area contributed by atoms with Crippen LogP contribution in [0.2, 0.25) is 0 Å². The molecule has 1 N–H and O–H groups in total.